The summed E-state index contributed by atoms with van der Waals surface area (Å²) < 4.78 is 5.11. The van der Waals surface area contributed by atoms with Crippen molar-refractivity contribution in [2.75, 3.05) is 41.3 Å². The summed E-state index contributed by atoms with van der Waals surface area (Å²) in [6, 6.07) is 7.42. The molecule has 1 aromatic carbocycles. The Morgan fingerprint density at radius 2 is 1.78 bits per heavy atom. The summed E-state index contributed by atoms with van der Waals surface area (Å²) in [6.07, 6.45) is 0.753. The third-order valence-electron chi connectivity index (χ3n) is 3.80. The van der Waals surface area contributed by atoms with E-state index < -0.39 is 0 Å². The standard InChI is InChI=1S/C17H27N3O3/c1-13(20(4)12-16(21)19(2)3)17(22)18-11-10-14-6-8-15(23-5)9-7-14/h6-9,13H,10-12H2,1-5H3,(H,18,22). The molecule has 23 heavy (non-hydrogen) atoms. The highest BCUT2D eigenvalue weighted by molar-refractivity contribution is 5.83. The number of nitrogens with one attached hydrogen (secondary N) is 1. The van der Waals surface area contributed by atoms with Gasteiger partial charge in [-0.1, -0.05) is 12.1 Å². The first kappa shape index (κ1) is 19.0. The fraction of sp³-hybridized carbons (Fsp3) is 0.529. The number of nitrogens with zero attached hydrogens (tertiary/aromatic N) is 2. The van der Waals surface area contributed by atoms with Crippen LogP contribution in [0, 0.1) is 0 Å². The first-order chi connectivity index (χ1) is 10.8. The zero-order valence-electron chi connectivity index (χ0n) is 14.6. The molecule has 6 heteroatoms. The van der Waals surface area contributed by atoms with Crippen molar-refractivity contribution in [2.24, 2.45) is 0 Å². The maximum atomic E-state index is 12.1. The van der Waals surface area contributed by atoms with Crippen molar-refractivity contribution >= 4 is 11.8 Å². The Hall–Kier alpha value is -2.08. The Morgan fingerprint density at radius 1 is 1.17 bits per heavy atom. The molecule has 0 aromatic heterocycles. The van der Waals surface area contributed by atoms with Crippen LogP contribution in [0.15, 0.2) is 24.3 Å². The van der Waals surface area contributed by atoms with E-state index in [-0.39, 0.29) is 24.4 Å². The molecule has 6 nitrogen and oxygen atoms in total. The van der Waals surface area contributed by atoms with Crippen LogP contribution in [-0.4, -0.2) is 69.0 Å². The first-order valence-corrected chi connectivity index (χ1v) is 7.66. The van der Waals surface area contributed by atoms with Gasteiger partial charge in [-0.15, -0.1) is 0 Å². The molecule has 1 rings (SSSR count). The van der Waals surface area contributed by atoms with Crippen LogP contribution in [0.25, 0.3) is 0 Å². The number of rotatable bonds is 8. The third kappa shape index (κ3) is 6.28. The number of carbonyl (C=O) groups excluding carboxylic acids is 2. The monoisotopic (exact) mass is 321 g/mol. The van der Waals surface area contributed by atoms with Gasteiger partial charge < -0.3 is 15.0 Å². The number of methoxy groups -OCH3 is 1. The summed E-state index contributed by atoms with van der Waals surface area (Å²) in [5.74, 6) is 0.719. The van der Waals surface area contributed by atoms with E-state index in [0.29, 0.717) is 6.54 Å². The molecule has 1 atom stereocenters. The zero-order valence-corrected chi connectivity index (χ0v) is 14.6. The Bertz CT molecular complexity index is 514. The second-order valence-corrected chi connectivity index (χ2v) is 5.77. The van der Waals surface area contributed by atoms with E-state index in [1.807, 2.05) is 24.3 Å². The third-order valence-corrected chi connectivity index (χ3v) is 3.80. The minimum absolute atomic E-state index is 0.0228. The molecule has 0 bridgehead atoms. The molecule has 0 heterocycles. The summed E-state index contributed by atoms with van der Waals surface area (Å²) in [7, 11) is 6.81. The minimum Gasteiger partial charge on any atom is -0.497 e. The molecule has 0 aliphatic heterocycles. The molecular weight excluding hydrogens is 294 g/mol. The molecule has 1 aromatic rings. The zero-order chi connectivity index (χ0) is 17.4. The number of hydrogen-bond acceptors (Lipinski definition) is 4. The highest BCUT2D eigenvalue weighted by Gasteiger charge is 2.20. The van der Waals surface area contributed by atoms with Gasteiger partial charge in [0.1, 0.15) is 5.75 Å². The lowest BCUT2D eigenvalue weighted by Gasteiger charge is -2.24. The Labute approximate surface area is 138 Å². The van der Waals surface area contributed by atoms with Gasteiger partial charge in [0.05, 0.1) is 19.7 Å². The van der Waals surface area contributed by atoms with Crippen LogP contribution in [0.2, 0.25) is 0 Å². The van der Waals surface area contributed by atoms with E-state index in [1.54, 1.807) is 40.1 Å². The van der Waals surface area contributed by atoms with Crippen LogP contribution >= 0.6 is 0 Å². The fourth-order valence-electron chi connectivity index (χ4n) is 1.96. The van der Waals surface area contributed by atoms with Crippen LogP contribution < -0.4 is 10.1 Å². The van der Waals surface area contributed by atoms with Gasteiger partial charge in [-0.2, -0.15) is 0 Å². The topological polar surface area (TPSA) is 61.9 Å². The van der Waals surface area contributed by atoms with Crippen molar-refractivity contribution in [1.29, 1.82) is 0 Å². The lowest BCUT2D eigenvalue weighted by Crippen LogP contribution is -2.47. The van der Waals surface area contributed by atoms with Crippen LogP contribution in [0.1, 0.15) is 12.5 Å². The van der Waals surface area contributed by atoms with Gasteiger partial charge in [-0.3, -0.25) is 14.5 Å². The number of benzene rings is 1. The summed E-state index contributed by atoms with van der Waals surface area (Å²) in [5, 5.41) is 2.91. The Balaban J connectivity index is 2.38. The number of amides is 2. The Kier molecular flexibility index (Phi) is 7.54. The quantitative estimate of drug-likeness (QED) is 0.768. The van der Waals surface area contributed by atoms with Crippen molar-refractivity contribution in [2.45, 2.75) is 19.4 Å². The average molecular weight is 321 g/mol. The van der Waals surface area contributed by atoms with Crippen LogP contribution in [0.3, 0.4) is 0 Å². The number of carbonyl (C=O) groups is 2. The van der Waals surface area contributed by atoms with Gasteiger partial charge in [-0.05, 0) is 38.1 Å². The molecule has 0 saturated carbocycles. The van der Waals surface area contributed by atoms with E-state index in [2.05, 4.69) is 5.32 Å². The van der Waals surface area contributed by atoms with Gasteiger partial charge >= 0.3 is 0 Å². The maximum absolute atomic E-state index is 12.1. The predicted molar refractivity (Wildman–Crippen MR) is 90.5 cm³/mol. The van der Waals surface area contributed by atoms with Gasteiger partial charge in [0, 0.05) is 20.6 Å². The molecule has 128 valence electrons. The number of ether oxygens (including phenoxy) is 1. The fourth-order valence-corrected chi connectivity index (χ4v) is 1.96. The van der Waals surface area contributed by atoms with Crippen molar-refractivity contribution in [3.05, 3.63) is 29.8 Å². The highest BCUT2D eigenvalue weighted by Crippen LogP contribution is 2.11. The summed E-state index contributed by atoms with van der Waals surface area (Å²) in [5.41, 5.74) is 1.13. The molecule has 0 aliphatic rings. The van der Waals surface area contributed by atoms with Crippen LogP contribution in [0.5, 0.6) is 5.75 Å². The molecule has 0 fully saturated rings. The normalized spacial score (nSPS) is 11.9. The predicted octanol–water partition coefficient (Wildman–Crippen LogP) is 0.762. The molecule has 0 spiro atoms. The minimum atomic E-state index is -0.352. The first-order valence-electron chi connectivity index (χ1n) is 7.66. The van der Waals surface area contributed by atoms with Gasteiger partial charge in [0.2, 0.25) is 11.8 Å². The van der Waals surface area contributed by atoms with Gasteiger partial charge in [0.25, 0.3) is 0 Å². The van der Waals surface area contributed by atoms with Crippen molar-refractivity contribution in [3.8, 4) is 5.75 Å². The van der Waals surface area contributed by atoms with Crippen molar-refractivity contribution in [3.63, 3.8) is 0 Å². The molecule has 0 radical (unpaired) electrons. The Morgan fingerprint density at radius 3 is 2.30 bits per heavy atom. The molecule has 1 unspecified atom stereocenters. The number of likely N-dealkylation sites (N-methyl/N-ethyl adjacent to an activating group) is 2. The largest absolute Gasteiger partial charge is 0.497 e. The summed E-state index contributed by atoms with van der Waals surface area (Å²) in [4.78, 5) is 27.1. The lowest BCUT2D eigenvalue weighted by atomic mass is 10.1. The SMILES string of the molecule is COc1ccc(CCNC(=O)C(C)N(C)CC(=O)N(C)C)cc1. The van der Waals surface area contributed by atoms with E-state index in [4.69, 9.17) is 4.74 Å². The molecule has 0 saturated heterocycles. The lowest BCUT2D eigenvalue weighted by molar-refractivity contribution is -0.132. The van der Waals surface area contributed by atoms with Gasteiger partial charge in [0.15, 0.2) is 0 Å². The summed E-state index contributed by atoms with van der Waals surface area (Å²) in [6.45, 7) is 2.58. The molecule has 2 amide bonds. The van der Waals surface area contributed by atoms with E-state index in [1.165, 1.54) is 4.90 Å². The molecule has 1 N–H and O–H groups in total. The maximum Gasteiger partial charge on any atom is 0.237 e. The molecule has 0 aliphatic carbocycles. The van der Waals surface area contributed by atoms with E-state index in [0.717, 1.165) is 17.7 Å². The number of hydrogen-bond donors (Lipinski definition) is 1. The van der Waals surface area contributed by atoms with Gasteiger partial charge in [-0.25, -0.2) is 0 Å². The highest BCUT2D eigenvalue weighted by atomic mass is 16.5. The van der Waals surface area contributed by atoms with E-state index in [9.17, 15) is 9.59 Å². The van der Waals surface area contributed by atoms with E-state index >= 15 is 0 Å². The smallest absolute Gasteiger partial charge is 0.237 e. The average Bonchev–Trinajstić information content (AvgIpc) is 2.54. The second kappa shape index (κ2) is 9.15. The van der Waals surface area contributed by atoms with Crippen LogP contribution in [-0.2, 0) is 16.0 Å². The second-order valence-electron chi connectivity index (χ2n) is 5.77. The van der Waals surface area contributed by atoms with Crippen molar-refractivity contribution in [1.82, 2.24) is 15.1 Å². The summed E-state index contributed by atoms with van der Waals surface area (Å²) >= 11 is 0. The molecular formula is C17H27N3O3. The van der Waals surface area contributed by atoms with Crippen molar-refractivity contribution < 1.29 is 14.3 Å². The van der Waals surface area contributed by atoms with Crippen LogP contribution in [0.4, 0.5) is 0 Å².